The fourth-order valence-corrected chi connectivity index (χ4v) is 6.17. The van der Waals surface area contributed by atoms with Crippen molar-refractivity contribution < 1.29 is 4.39 Å². The van der Waals surface area contributed by atoms with Crippen molar-refractivity contribution >= 4 is 0 Å². The van der Waals surface area contributed by atoms with Crippen LogP contribution < -0.4 is 0 Å². The summed E-state index contributed by atoms with van der Waals surface area (Å²) in [6.07, 6.45) is 27.1. The Morgan fingerprint density at radius 2 is 1.41 bits per heavy atom. The van der Waals surface area contributed by atoms with Gasteiger partial charge in [0.1, 0.15) is 0 Å². The van der Waals surface area contributed by atoms with E-state index in [1.807, 2.05) is 0 Å². The van der Waals surface area contributed by atoms with Crippen molar-refractivity contribution in [3.63, 3.8) is 0 Å². The molecule has 0 aromatic heterocycles. The molecule has 1 aromatic rings. The Kier molecular flexibility index (Phi) is 11.9. The zero-order valence-electron chi connectivity index (χ0n) is 20.9. The molecule has 0 amide bonds. The molecule has 3 rings (SSSR count). The first kappa shape index (κ1) is 25.5. The van der Waals surface area contributed by atoms with Crippen LogP contribution in [0.25, 0.3) is 0 Å². The summed E-state index contributed by atoms with van der Waals surface area (Å²) >= 11 is 0. The average molecular weight is 441 g/mol. The predicted octanol–water partition coefficient (Wildman–Crippen LogP) is 9.98. The topological polar surface area (TPSA) is 0 Å². The van der Waals surface area contributed by atoms with E-state index in [-0.39, 0.29) is 6.67 Å². The van der Waals surface area contributed by atoms with Crippen molar-refractivity contribution in [1.29, 1.82) is 0 Å². The van der Waals surface area contributed by atoms with E-state index in [9.17, 15) is 4.39 Å². The third-order valence-corrected chi connectivity index (χ3v) is 8.43. The Labute approximate surface area is 198 Å². The maximum absolute atomic E-state index is 12.2. The second-order valence-electron chi connectivity index (χ2n) is 10.9. The molecule has 0 spiro atoms. The lowest BCUT2D eigenvalue weighted by atomic mass is 9.74. The summed E-state index contributed by atoms with van der Waals surface area (Å²) in [5, 5.41) is 0. The summed E-state index contributed by atoms with van der Waals surface area (Å²) in [6.45, 7) is 2.08. The van der Waals surface area contributed by atoms with Crippen molar-refractivity contribution in [2.75, 3.05) is 6.67 Å². The van der Waals surface area contributed by atoms with Gasteiger partial charge < -0.3 is 0 Å². The predicted molar refractivity (Wildman–Crippen MR) is 138 cm³/mol. The SMILES string of the molecule is CCCCCCCc1ccc(C2CCC(CCC3CCC(/C=C/CCF)CC3)CC2)cc1. The van der Waals surface area contributed by atoms with E-state index in [0.29, 0.717) is 6.42 Å². The van der Waals surface area contributed by atoms with E-state index in [1.54, 1.807) is 5.56 Å². The van der Waals surface area contributed by atoms with Gasteiger partial charge in [-0.25, -0.2) is 0 Å². The first-order valence-electron chi connectivity index (χ1n) is 14.1. The number of rotatable bonds is 13. The fraction of sp³-hybridized carbons (Fsp3) is 0.742. The molecule has 0 heterocycles. The van der Waals surface area contributed by atoms with Crippen LogP contribution in [0.3, 0.4) is 0 Å². The average Bonchev–Trinajstić information content (AvgIpc) is 2.84. The van der Waals surface area contributed by atoms with Crippen LogP contribution in [0.5, 0.6) is 0 Å². The van der Waals surface area contributed by atoms with E-state index in [4.69, 9.17) is 0 Å². The molecule has 2 aliphatic rings. The van der Waals surface area contributed by atoms with Gasteiger partial charge in [0.15, 0.2) is 0 Å². The Morgan fingerprint density at radius 3 is 2.03 bits per heavy atom. The van der Waals surface area contributed by atoms with Crippen LogP contribution in [-0.2, 0) is 6.42 Å². The van der Waals surface area contributed by atoms with Crippen LogP contribution in [0.2, 0.25) is 0 Å². The van der Waals surface area contributed by atoms with E-state index in [2.05, 4.69) is 43.3 Å². The largest absolute Gasteiger partial charge is 0.251 e. The summed E-state index contributed by atoms with van der Waals surface area (Å²) in [5.41, 5.74) is 3.13. The highest BCUT2D eigenvalue weighted by molar-refractivity contribution is 5.26. The van der Waals surface area contributed by atoms with E-state index in [0.717, 1.165) is 23.7 Å². The zero-order chi connectivity index (χ0) is 22.4. The minimum Gasteiger partial charge on any atom is -0.251 e. The molecule has 2 aliphatic carbocycles. The van der Waals surface area contributed by atoms with E-state index in [1.165, 1.54) is 108 Å². The number of unbranched alkanes of at least 4 members (excludes halogenated alkanes) is 4. The number of benzene rings is 1. The van der Waals surface area contributed by atoms with Gasteiger partial charge in [0, 0.05) is 0 Å². The zero-order valence-corrected chi connectivity index (χ0v) is 20.9. The minimum absolute atomic E-state index is 0.210. The molecule has 0 N–H and O–H groups in total. The summed E-state index contributed by atoms with van der Waals surface area (Å²) in [7, 11) is 0. The summed E-state index contributed by atoms with van der Waals surface area (Å²) in [5.74, 6) is 3.45. The van der Waals surface area contributed by atoms with Gasteiger partial charge in [-0.1, -0.05) is 81.9 Å². The number of alkyl halides is 1. The molecule has 0 nitrogen and oxygen atoms in total. The lowest BCUT2D eigenvalue weighted by Gasteiger charge is -2.31. The standard InChI is InChI=1S/C31H49F/c1-2-3-4-5-6-9-27-17-21-30(22-18-27)31-23-19-29(20-24-31)16-15-28-13-11-26(12-14-28)10-7-8-25-32/h7,10,17-18,21-22,26,28-29,31H,2-6,8-9,11-16,19-20,23-25H2,1H3/b10-7+. The van der Waals surface area contributed by atoms with Crippen molar-refractivity contribution in [3.8, 4) is 0 Å². The molecular formula is C31H49F. The summed E-state index contributed by atoms with van der Waals surface area (Å²) in [6, 6.07) is 9.69. The molecule has 0 aliphatic heterocycles. The van der Waals surface area contributed by atoms with Crippen molar-refractivity contribution in [2.24, 2.45) is 17.8 Å². The van der Waals surface area contributed by atoms with Crippen LogP contribution in [0.4, 0.5) is 4.39 Å². The van der Waals surface area contributed by atoms with Crippen LogP contribution in [0.1, 0.15) is 127 Å². The number of aryl methyl sites for hydroxylation is 1. The van der Waals surface area contributed by atoms with Gasteiger partial charge in [0.2, 0.25) is 0 Å². The van der Waals surface area contributed by atoms with Gasteiger partial charge in [0.25, 0.3) is 0 Å². The van der Waals surface area contributed by atoms with Gasteiger partial charge in [-0.15, -0.1) is 0 Å². The Balaban J connectivity index is 1.29. The molecule has 1 aromatic carbocycles. The number of hydrogen-bond acceptors (Lipinski definition) is 0. The van der Waals surface area contributed by atoms with E-state index < -0.39 is 0 Å². The highest BCUT2D eigenvalue weighted by atomic mass is 19.1. The molecule has 0 atom stereocenters. The number of allylic oxidation sites excluding steroid dienone is 2. The van der Waals surface area contributed by atoms with Crippen LogP contribution in [0, 0.1) is 17.8 Å². The monoisotopic (exact) mass is 440 g/mol. The Morgan fingerprint density at radius 1 is 0.781 bits per heavy atom. The van der Waals surface area contributed by atoms with Crippen LogP contribution in [-0.4, -0.2) is 6.67 Å². The van der Waals surface area contributed by atoms with Crippen molar-refractivity contribution in [2.45, 2.75) is 122 Å². The third-order valence-electron chi connectivity index (χ3n) is 8.43. The molecule has 1 heteroatoms. The maximum Gasteiger partial charge on any atom is 0.0928 e. The first-order chi connectivity index (χ1) is 15.8. The molecule has 2 saturated carbocycles. The number of halogens is 1. The van der Waals surface area contributed by atoms with Gasteiger partial charge in [-0.05, 0) is 105 Å². The summed E-state index contributed by atoms with van der Waals surface area (Å²) in [4.78, 5) is 0. The van der Waals surface area contributed by atoms with Crippen LogP contribution >= 0.6 is 0 Å². The van der Waals surface area contributed by atoms with Gasteiger partial charge in [0.05, 0.1) is 6.67 Å². The Bertz CT molecular complexity index is 614. The lowest BCUT2D eigenvalue weighted by Crippen LogP contribution is -2.17. The molecule has 0 unspecified atom stereocenters. The Hall–Kier alpha value is -1.11. The van der Waals surface area contributed by atoms with E-state index >= 15 is 0 Å². The summed E-state index contributed by atoms with van der Waals surface area (Å²) < 4.78 is 12.2. The number of hydrogen-bond donors (Lipinski definition) is 0. The molecule has 0 radical (unpaired) electrons. The fourth-order valence-electron chi connectivity index (χ4n) is 6.17. The first-order valence-corrected chi connectivity index (χ1v) is 14.1. The molecule has 0 saturated heterocycles. The third kappa shape index (κ3) is 9.03. The smallest absolute Gasteiger partial charge is 0.0928 e. The van der Waals surface area contributed by atoms with Crippen LogP contribution in [0.15, 0.2) is 36.4 Å². The molecule has 32 heavy (non-hydrogen) atoms. The maximum atomic E-state index is 12.2. The second kappa shape index (κ2) is 14.9. The lowest BCUT2D eigenvalue weighted by molar-refractivity contribution is 0.246. The van der Waals surface area contributed by atoms with Crippen molar-refractivity contribution in [1.82, 2.24) is 0 Å². The van der Waals surface area contributed by atoms with Gasteiger partial charge >= 0.3 is 0 Å². The molecule has 0 bridgehead atoms. The highest BCUT2D eigenvalue weighted by Crippen LogP contribution is 2.40. The second-order valence-corrected chi connectivity index (χ2v) is 10.9. The molecule has 180 valence electrons. The minimum atomic E-state index is -0.210. The highest BCUT2D eigenvalue weighted by Gasteiger charge is 2.24. The molecular weight excluding hydrogens is 391 g/mol. The normalized spacial score (nSPS) is 26.6. The molecule has 2 fully saturated rings. The van der Waals surface area contributed by atoms with Crippen molar-refractivity contribution in [3.05, 3.63) is 47.5 Å². The van der Waals surface area contributed by atoms with Gasteiger partial charge in [-0.2, -0.15) is 0 Å². The van der Waals surface area contributed by atoms with Gasteiger partial charge in [-0.3, -0.25) is 4.39 Å². The quantitative estimate of drug-likeness (QED) is 0.211.